The Bertz CT molecular complexity index is 1150. The fourth-order valence-electron chi connectivity index (χ4n) is 4.15. The van der Waals surface area contributed by atoms with Gasteiger partial charge in [-0.1, -0.05) is 6.07 Å². The zero-order valence-electron chi connectivity index (χ0n) is 16.6. The third-order valence-electron chi connectivity index (χ3n) is 5.98. The third-order valence-corrected chi connectivity index (χ3v) is 5.98. The summed E-state index contributed by atoms with van der Waals surface area (Å²) in [4.78, 5) is 19.1. The molecule has 1 aliphatic heterocycles. The maximum absolute atomic E-state index is 14.1. The molecule has 3 N–H and O–H groups in total. The standard InChI is InChI=1S/C23H24FN3O3/c24-17-9-16-15(14-3-2-8-25-11-14)10-18(26-22(16)27-23(17)29)21-19(28)4-1-5-20(21)30-12-13-6-7-13/h1,4-5,9-10,13-14,25,28H,2-3,6-8,11-12H2,(H,26,27,29). The van der Waals surface area contributed by atoms with E-state index in [9.17, 15) is 14.3 Å². The molecule has 5 rings (SSSR count). The molecule has 7 heteroatoms. The fraction of sp³-hybridized carbons (Fsp3) is 0.391. The first-order chi connectivity index (χ1) is 14.6. The topological polar surface area (TPSA) is 87.2 Å². The second-order valence-electron chi connectivity index (χ2n) is 8.25. The molecule has 1 aliphatic carbocycles. The molecule has 3 heterocycles. The van der Waals surface area contributed by atoms with E-state index in [1.54, 1.807) is 12.1 Å². The SMILES string of the molecule is O=c1[nH]c2nc(-c3c(O)cccc3OCC3CC3)cc(C3CCCNC3)c2cc1F. The molecule has 1 aromatic carbocycles. The zero-order valence-corrected chi connectivity index (χ0v) is 16.6. The summed E-state index contributed by atoms with van der Waals surface area (Å²) in [6, 6.07) is 8.32. The van der Waals surface area contributed by atoms with Crippen molar-refractivity contribution in [2.75, 3.05) is 19.7 Å². The van der Waals surface area contributed by atoms with Crippen LogP contribution in [0, 0.1) is 11.7 Å². The number of aromatic nitrogens is 2. The van der Waals surface area contributed by atoms with Gasteiger partial charge >= 0.3 is 0 Å². The lowest BCUT2D eigenvalue weighted by atomic mass is 9.88. The minimum atomic E-state index is -0.821. The van der Waals surface area contributed by atoms with Gasteiger partial charge in [0.15, 0.2) is 5.82 Å². The van der Waals surface area contributed by atoms with Crippen LogP contribution in [-0.4, -0.2) is 34.8 Å². The highest BCUT2D eigenvalue weighted by Gasteiger charge is 2.25. The number of rotatable bonds is 5. The Morgan fingerprint density at radius 1 is 1.23 bits per heavy atom. The number of hydrogen-bond donors (Lipinski definition) is 3. The Morgan fingerprint density at radius 3 is 2.87 bits per heavy atom. The molecule has 1 saturated heterocycles. The van der Waals surface area contributed by atoms with Crippen molar-refractivity contribution < 1.29 is 14.2 Å². The Kier molecular flexibility index (Phi) is 4.90. The van der Waals surface area contributed by atoms with E-state index >= 15 is 0 Å². The summed E-state index contributed by atoms with van der Waals surface area (Å²) >= 11 is 0. The van der Waals surface area contributed by atoms with Crippen molar-refractivity contribution in [3.63, 3.8) is 0 Å². The van der Waals surface area contributed by atoms with Crippen LogP contribution in [0.3, 0.4) is 0 Å². The van der Waals surface area contributed by atoms with Crippen molar-refractivity contribution in [2.45, 2.75) is 31.6 Å². The summed E-state index contributed by atoms with van der Waals surface area (Å²) in [6.45, 7) is 2.33. The van der Waals surface area contributed by atoms with Gasteiger partial charge in [0.05, 0.1) is 17.9 Å². The molecule has 1 saturated carbocycles. The Balaban J connectivity index is 1.68. The molecular weight excluding hydrogens is 385 g/mol. The van der Waals surface area contributed by atoms with Crippen LogP contribution in [0.5, 0.6) is 11.5 Å². The summed E-state index contributed by atoms with van der Waals surface area (Å²) in [5, 5.41) is 14.6. The second kappa shape index (κ2) is 7.72. The number of phenolic OH excluding ortho intramolecular Hbond substituents is 1. The molecule has 1 unspecified atom stereocenters. The van der Waals surface area contributed by atoms with E-state index in [-0.39, 0.29) is 11.7 Å². The maximum atomic E-state index is 14.1. The van der Waals surface area contributed by atoms with Crippen LogP contribution in [0.2, 0.25) is 0 Å². The molecule has 0 bridgehead atoms. The molecule has 2 aliphatic rings. The number of pyridine rings is 2. The molecule has 3 aromatic rings. The van der Waals surface area contributed by atoms with E-state index in [2.05, 4.69) is 15.3 Å². The van der Waals surface area contributed by atoms with Gasteiger partial charge in [-0.3, -0.25) is 4.79 Å². The average Bonchev–Trinajstić information content (AvgIpc) is 3.58. The summed E-state index contributed by atoms with van der Waals surface area (Å²) in [6.07, 6.45) is 4.29. The number of hydrogen-bond acceptors (Lipinski definition) is 5. The minimum absolute atomic E-state index is 0.0623. The van der Waals surface area contributed by atoms with Crippen molar-refractivity contribution in [1.29, 1.82) is 0 Å². The smallest absolute Gasteiger partial charge is 0.285 e. The molecule has 6 nitrogen and oxygen atoms in total. The van der Waals surface area contributed by atoms with E-state index < -0.39 is 11.4 Å². The maximum Gasteiger partial charge on any atom is 0.285 e. The predicted octanol–water partition coefficient (Wildman–Crippen LogP) is 3.69. The normalized spacial score (nSPS) is 19.2. The van der Waals surface area contributed by atoms with Gasteiger partial charge in [0.1, 0.15) is 17.1 Å². The highest BCUT2D eigenvalue weighted by atomic mass is 19.1. The van der Waals surface area contributed by atoms with E-state index in [1.807, 2.05) is 12.1 Å². The number of benzene rings is 1. The number of ether oxygens (including phenoxy) is 1. The summed E-state index contributed by atoms with van der Waals surface area (Å²) in [5.74, 6) is 0.527. The van der Waals surface area contributed by atoms with Crippen LogP contribution in [-0.2, 0) is 0 Å². The molecule has 0 radical (unpaired) electrons. The van der Waals surface area contributed by atoms with Crippen LogP contribution < -0.4 is 15.6 Å². The molecule has 1 atom stereocenters. The van der Waals surface area contributed by atoms with E-state index in [1.165, 1.54) is 6.07 Å². The van der Waals surface area contributed by atoms with Crippen molar-refractivity contribution in [2.24, 2.45) is 5.92 Å². The van der Waals surface area contributed by atoms with Crippen molar-refractivity contribution in [3.8, 4) is 22.8 Å². The van der Waals surface area contributed by atoms with Crippen molar-refractivity contribution in [3.05, 3.63) is 52.1 Å². The molecular formula is C23H24FN3O3. The number of H-pyrrole nitrogens is 1. The first-order valence-electron chi connectivity index (χ1n) is 10.5. The van der Waals surface area contributed by atoms with Crippen molar-refractivity contribution in [1.82, 2.24) is 15.3 Å². The van der Waals surface area contributed by atoms with Crippen molar-refractivity contribution >= 4 is 11.0 Å². The third kappa shape index (κ3) is 3.65. The number of halogens is 1. The Hall–Kier alpha value is -2.93. The Morgan fingerprint density at radius 2 is 2.10 bits per heavy atom. The fourth-order valence-corrected chi connectivity index (χ4v) is 4.15. The van der Waals surface area contributed by atoms with Crippen LogP contribution in [0.4, 0.5) is 4.39 Å². The van der Waals surface area contributed by atoms with Gasteiger partial charge in [-0.15, -0.1) is 0 Å². The van der Waals surface area contributed by atoms with Crippen LogP contribution in [0.15, 0.2) is 35.1 Å². The van der Waals surface area contributed by atoms with Crippen LogP contribution >= 0.6 is 0 Å². The second-order valence-corrected chi connectivity index (χ2v) is 8.25. The lowest BCUT2D eigenvalue weighted by Crippen LogP contribution is -2.28. The molecule has 156 valence electrons. The van der Waals surface area contributed by atoms with Gasteiger partial charge in [0.2, 0.25) is 0 Å². The number of phenols is 1. The number of fused-ring (bicyclic) bond motifs is 1. The number of nitrogens with one attached hydrogen (secondary N) is 2. The first kappa shape index (κ1) is 19.1. The number of nitrogens with zero attached hydrogens (tertiary/aromatic N) is 1. The zero-order chi connectivity index (χ0) is 20.7. The number of piperidine rings is 1. The predicted molar refractivity (Wildman–Crippen MR) is 112 cm³/mol. The lowest BCUT2D eigenvalue weighted by Gasteiger charge is -2.25. The molecule has 0 spiro atoms. The summed E-state index contributed by atoms with van der Waals surface area (Å²) in [5.41, 5.74) is 1.43. The van der Waals surface area contributed by atoms with E-state index in [0.717, 1.165) is 44.3 Å². The van der Waals surface area contributed by atoms with Gasteiger partial charge in [-0.2, -0.15) is 0 Å². The monoisotopic (exact) mass is 409 g/mol. The lowest BCUT2D eigenvalue weighted by molar-refractivity contribution is 0.299. The molecule has 0 amide bonds. The number of aromatic hydroxyl groups is 1. The number of aromatic amines is 1. The quantitative estimate of drug-likeness (QED) is 0.598. The average molecular weight is 409 g/mol. The van der Waals surface area contributed by atoms with Gasteiger partial charge in [0, 0.05) is 11.9 Å². The Labute approximate surface area is 173 Å². The van der Waals surface area contributed by atoms with Gasteiger partial charge in [0.25, 0.3) is 5.56 Å². The summed E-state index contributed by atoms with van der Waals surface area (Å²) < 4.78 is 20.1. The first-order valence-corrected chi connectivity index (χ1v) is 10.5. The summed E-state index contributed by atoms with van der Waals surface area (Å²) in [7, 11) is 0. The molecule has 2 aromatic heterocycles. The van der Waals surface area contributed by atoms with Gasteiger partial charge in [-0.05, 0) is 73.9 Å². The van der Waals surface area contributed by atoms with Gasteiger partial charge < -0.3 is 20.1 Å². The minimum Gasteiger partial charge on any atom is -0.507 e. The van der Waals surface area contributed by atoms with E-state index in [0.29, 0.717) is 40.6 Å². The molecule has 2 fully saturated rings. The van der Waals surface area contributed by atoms with Crippen LogP contribution in [0.1, 0.15) is 37.2 Å². The van der Waals surface area contributed by atoms with Crippen LogP contribution in [0.25, 0.3) is 22.3 Å². The highest BCUT2D eigenvalue weighted by molar-refractivity contribution is 5.85. The molecule has 30 heavy (non-hydrogen) atoms. The van der Waals surface area contributed by atoms with Gasteiger partial charge in [-0.25, -0.2) is 9.37 Å². The highest BCUT2D eigenvalue weighted by Crippen LogP contribution is 2.41. The largest absolute Gasteiger partial charge is 0.507 e. The van der Waals surface area contributed by atoms with E-state index in [4.69, 9.17) is 4.74 Å².